The molecular weight excluding hydrogens is 569 g/mol. The molecule has 0 radical (unpaired) electrons. The first kappa shape index (κ1) is 31.1. The summed E-state index contributed by atoms with van der Waals surface area (Å²) in [6.45, 7) is 11.4. The SMILES string of the molecule is CC[C@H](NC(=O)c1c(CN2CCN(CCN3CCOCC3)CC2)n(-c2cccc(F)c2)c(=O)c2ccccc12)c1ccccc1. The summed E-state index contributed by atoms with van der Waals surface area (Å²) < 4.78 is 21.6. The molecule has 3 heterocycles. The van der Waals surface area contributed by atoms with E-state index in [0.29, 0.717) is 40.7 Å². The van der Waals surface area contributed by atoms with Gasteiger partial charge in [-0.15, -0.1) is 0 Å². The number of morpholine rings is 1. The van der Waals surface area contributed by atoms with Gasteiger partial charge in [0.15, 0.2) is 0 Å². The predicted molar refractivity (Wildman–Crippen MR) is 175 cm³/mol. The lowest BCUT2D eigenvalue weighted by molar-refractivity contribution is 0.0296. The minimum absolute atomic E-state index is 0.199. The number of hydrogen-bond acceptors (Lipinski definition) is 6. The van der Waals surface area contributed by atoms with Gasteiger partial charge in [0.05, 0.1) is 36.2 Å². The van der Waals surface area contributed by atoms with Gasteiger partial charge < -0.3 is 10.1 Å². The van der Waals surface area contributed by atoms with Crippen LogP contribution in [0.5, 0.6) is 0 Å². The Morgan fingerprint density at radius 2 is 1.47 bits per heavy atom. The number of benzene rings is 3. The first-order valence-electron chi connectivity index (χ1n) is 16.0. The molecule has 2 aliphatic heterocycles. The van der Waals surface area contributed by atoms with Crippen LogP contribution in [0.25, 0.3) is 16.5 Å². The number of carbonyl (C=O) groups is 1. The van der Waals surface area contributed by atoms with Crippen molar-refractivity contribution in [1.29, 1.82) is 0 Å². The summed E-state index contributed by atoms with van der Waals surface area (Å²) in [5, 5.41) is 4.30. The molecule has 8 nitrogen and oxygen atoms in total. The van der Waals surface area contributed by atoms with Gasteiger partial charge in [-0.2, -0.15) is 0 Å². The Hall–Kier alpha value is -3.89. The van der Waals surface area contributed by atoms with Gasteiger partial charge >= 0.3 is 0 Å². The Morgan fingerprint density at radius 3 is 2.16 bits per heavy atom. The van der Waals surface area contributed by atoms with Crippen molar-refractivity contribution >= 4 is 16.7 Å². The zero-order valence-corrected chi connectivity index (χ0v) is 26.0. The fraction of sp³-hybridized carbons (Fsp3) is 0.389. The number of carbonyl (C=O) groups excluding carboxylic acids is 1. The van der Waals surface area contributed by atoms with Crippen molar-refractivity contribution in [2.24, 2.45) is 0 Å². The molecule has 1 atom stereocenters. The van der Waals surface area contributed by atoms with Crippen molar-refractivity contribution in [3.8, 4) is 5.69 Å². The van der Waals surface area contributed by atoms with Crippen LogP contribution in [0.2, 0.25) is 0 Å². The second-order valence-corrected chi connectivity index (χ2v) is 11.9. The summed E-state index contributed by atoms with van der Waals surface area (Å²) in [5.41, 5.74) is 2.20. The summed E-state index contributed by atoms with van der Waals surface area (Å²) in [5.74, 6) is -0.681. The molecule has 0 unspecified atom stereocenters. The summed E-state index contributed by atoms with van der Waals surface area (Å²) in [6.07, 6.45) is 0.707. The number of rotatable bonds is 10. The molecule has 0 spiro atoms. The maximum atomic E-state index is 14.6. The smallest absolute Gasteiger partial charge is 0.263 e. The van der Waals surface area contributed by atoms with Gasteiger partial charge in [0.1, 0.15) is 5.82 Å². The molecule has 1 aromatic heterocycles. The van der Waals surface area contributed by atoms with Crippen LogP contribution >= 0.6 is 0 Å². The average Bonchev–Trinajstić information content (AvgIpc) is 3.08. The van der Waals surface area contributed by atoms with Gasteiger partial charge in [0, 0.05) is 69.7 Å². The predicted octanol–water partition coefficient (Wildman–Crippen LogP) is 4.46. The summed E-state index contributed by atoms with van der Waals surface area (Å²) in [7, 11) is 0. The van der Waals surface area contributed by atoms with Gasteiger partial charge in [-0.1, -0.05) is 61.5 Å². The topological polar surface area (TPSA) is 70.1 Å². The van der Waals surface area contributed by atoms with Gasteiger partial charge in [-0.05, 0) is 36.2 Å². The molecule has 4 aromatic rings. The van der Waals surface area contributed by atoms with Crippen molar-refractivity contribution in [2.45, 2.75) is 25.9 Å². The van der Waals surface area contributed by atoms with E-state index in [1.807, 2.05) is 49.4 Å². The first-order valence-corrected chi connectivity index (χ1v) is 16.0. The minimum Gasteiger partial charge on any atom is -0.379 e. The summed E-state index contributed by atoms with van der Waals surface area (Å²) in [6, 6.07) is 23.0. The van der Waals surface area contributed by atoms with Crippen molar-refractivity contribution in [1.82, 2.24) is 24.6 Å². The van der Waals surface area contributed by atoms with E-state index in [2.05, 4.69) is 20.0 Å². The number of ether oxygens (including phenoxy) is 1. The van der Waals surface area contributed by atoms with Crippen LogP contribution < -0.4 is 10.9 Å². The Kier molecular flexibility index (Phi) is 10.0. The van der Waals surface area contributed by atoms with Gasteiger partial charge in [0.2, 0.25) is 0 Å². The zero-order chi connectivity index (χ0) is 31.2. The van der Waals surface area contributed by atoms with Crippen molar-refractivity contribution < 1.29 is 13.9 Å². The van der Waals surface area contributed by atoms with Crippen LogP contribution in [0.3, 0.4) is 0 Å². The maximum absolute atomic E-state index is 14.6. The molecule has 45 heavy (non-hydrogen) atoms. The number of pyridine rings is 1. The maximum Gasteiger partial charge on any atom is 0.263 e. The van der Waals surface area contributed by atoms with Crippen molar-refractivity contribution in [3.05, 3.63) is 112 Å². The second kappa shape index (κ2) is 14.5. The van der Waals surface area contributed by atoms with Gasteiger partial charge in [-0.25, -0.2) is 4.39 Å². The lowest BCUT2D eigenvalue weighted by atomic mass is 9.99. The molecule has 3 aromatic carbocycles. The molecule has 1 N–H and O–H groups in total. The minimum atomic E-state index is -0.437. The molecule has 0 bridgehead atoms. The van der Waals surface area contributed by atoms with E-state index in [-0.39, 0.29) is 17.5 Å². The van der Waals surface area contributed by atoms with E-state index in [0.717, 1.165) is 71.1 Å². The first-order chi connectivity index (χ1) is 22.0. The lowest BCUT2D eigenvalue weighted by Gasteiger charge is -2.37. The molecule has 236 valence electrons. The van der Waals surface area contributed by atoms with Crippen LogP contribution in [0.1, 0.15) is 41.0 Å². The molecule has 0 aliphatic carbocycles. The number of hydrogen-bond donors (Lipinski definition) is 1. The molecule has 1 amide bonds. The summed E-state index contributed by atoms with van der Waals surface area (Å²) >= 11 is 0. The van der Waals surface area contributed by atoms with Crippen LogP contribution in [0, 0.1) is 5.82 Å². The molecule has 9 heteroatoms. The number of amides is 1. The number of nitrogens with one attached hydrogen (secondary N) is 1. The van der Waals surface area contributed by atoms with Gasteiger partial charge in [0.25, 0.3) is 11.5 Å². The lowest BCUT2D eigenvalue weighted by Crippen LogP contribution is -2.49. The monoisotopic (exact) mass is 611 g/mol. The Morgan fingerprint density at radius 1 is 0.822 bits per heavy atom. The second-order valence-electron chi connectivity index (χ2n) is 11.9. The van der Waals surface area contributed by atoms with Crippen LogP contribution in [-0.2, 0) is 11.3 Å². The third-order valence-corrected chi connectivity index (χ3v) is 9.07. The molecular formula is C36H42FN5O3. The number of nitrogens with zero attached hydrogens (tertiary/aromatic N) is 4. The highest BCUT2D eigenvalue weighted by atomic mass is 19.1. The third kappa shape index (κ3) is 7.17. The highest BCUT2D eigenvalue weighted by molar-refractivity contribution is 6.08. The highest BCUT2D eigenvalue weighted by Gasteiger charge is 2.27. The van der Waals surface area contributed by atoms with E-state index in [4.69, 9.17) is 4.74 Å². The molecule has 2 fully saturated rings. The van der Waals surface area contributed by atoms with E-state index in [9.17, 15) is 14.0 Å². The Bertz CT molecular complexity index is 1660. The quantitative estimate of drug-likeness (QED) is 0.286. The van der Waals surface area contributed by atoms with E-state index in [1.165, 1.54) is 12.1 Å². The van der Waals surface area contributed by atoms with Crippen molar-refractivity contribution in [2.75, 3.05) is 65.6 Å². The molecule has 2 aliphatic rings. The highest BCUT2D eigenvalue weighted by Crippen LogP contribution is 2.26. The largest absolute Gasteiger partial charge is 0.379 e. The van der Waals surface area contributed by atoms with Gasteiger partial charge in [-0.3, -0.25) is 28.9 Å². The fourth-order valence-corrected chi connectivity index (χ4v) is 6.52. The van der Waals surface area contributed by atoms with E-state index < -0.39 is 5.82 Å². The molecule has 2 saturated heterocycles. The number of aromatic nitrogens is 1. The molecule has 6 rings (SSSR count). The van der Waals surface area contributed by atoms with Crippen LogP contribution in [-0.4, -0.2) is 90.7 Å². The third-order valence-electron chi connectivity index (χ3n) is 9.07. The van der Waals surface area contributed by atoms with E-state index >= 15 is 0 Å². The van der Waals surface area contributed by atoms with Crippen molar-refractivity contribution in [3.63, 3.8) is 0 Å². The summed E-state index contributed by atoms with van der Waals surface area (Å²) in [4.78, 5) is 35.7. The Labute approximate surface area is 264 Å². The standard InChI is InChI=1S/C36H42FN5O3/c1-2-32(27-9-4-3-5-10-27)38-35(43)34-30-13-6-7-14-31(30)36(44)42(29-12-8-11-28(37)25-29)33(34)26-41-19-17-39(18-20-41)15-16-40-21-23-45-24-22-40/h3-14,25,32H,2,15-24,26H2,1H3,(H,38,43)/t32-/m0/s1. The Balaban J connectivity index is 1.35. The van der Waals surface area contributed by atoms with E-state index in [1.54, 1.807) is 28.8 Å². The fourth-order valence-electron chi connectivity index (χ4n) is 6.52. The molecule has 0 saturated carbocycles. The number of halogens is 1. The van der Waals surface area contributed by atoms with Crippen LogP contribution in [0.4, 0.5) is 4.39 Å². The van der Waals surface area contributed by atoms with Crippen LogP contribution in [0.15, 0.2) is 83.7 Å². The number of piperazine rings is 1. The number of fused-ring (bicyclic) bond motifs is 1. The zero-order valence-electron chi connectivity index (χ0n) is 26.0. The average molecular weight is 612 g/mol. The normalized spacial score (nSPS) is 17.4.